The van der Waals surface area contributed by atoms with E-state index in [2.05, 4.69) is 10.6 Å². The summed E-state index contributed by atoms with van der Waals surface area (Å²) >= 11 is 1.46. The first-order chi connectivity index (χ1) is 15.3. The molecule has 0 saturated carbocycles. The Hall–Kier alpha value is -3.23. The number of Topliss-reactive ketones (excluding diaryl/α,β-unsaturated/α-hetero) is 1. The number of benzene rings is 2. The summed E-state index contributed by atoms with van der Waals surface area (Å²) in [4.78, 5) is 38.3. The average Bonchev–Trinajstić information content (AvgIpc) is 3.32. The largest absolute Gasteiger partial charge is 0.508 e. The number of ether oxygens (including phenoxy) is 1. The minimum absolute atomic E-state index is 0.0617. The standard InChI is InChI=1S/C24H24N2O5S/c1-14-20(28)12-31-24(14,2)26-23(30)19(11-15-7-9-16(27)10-8-15)25-22(29)18-13-32-21-6-4-3-5-17(18)21/h3-10,13-14,19,27H,11-12H2,1-2H3,(H,25,29)(H,26,30). The van der Waals surface area contributed by atoms with Crippen LogP contribution in [0.3, 0.4) is 0 Å². The van der Waals surface area contributed by atoms with Crippen LogP contribution in [0.5, 0.6) is 5.75 Å². The maximum absolute atomic E-state index is 13.2. The van der Waals surface area contributed by atoms with Crippen molar-refractivity contribution in [1.29, 1.82) is 0 Å². The molecule has 0 bridgehead atoms. The Labute approximate surface area is 189 Å². The number of phenols is 1. The summed E-state index contributed by atoms with van der Waals surface area (Å²) < 4.78 is 6.54. The number of nitrogens with one attached hydrogen (secondary N) is 2. The van der Waals surface area contributed by atoms with Crippen LogP contribution in [0.25, 0.3) is 10.1 Å². The van der Waals surface area contributed by atoms with Gasteiger partial charge in [0.2, 0.25) is 5.91 Å². The summed E-state index contributed by atoms with van der Waals surface area (Å²) in [5, 5.41) is 17.8. The van der Waals surface area contributed by atoms with Crippen LogP contribution < -0.4 is 10.6 Å². The van der Waals surface area contributed by atoms with Gasteiger partial charge in [-0.25, -0.2) is 0 Å². The maximum Gasteiger partial charge on any atom is 0.253 e. The molecule has 7 nitrogen and oxygen atoms in total. The van der Waals surface area contributed by atoms with Crippen molar-refractivity contribution in [3.8, 4) is 5.75 Å². The maximum atomic E-state index is 13.2. The second-order valence-corrected chi connectivity index (χ2v) is 9.03. The molecule has 1 aliphatic rings. The lowest BCUT2D eigenvalue weighted by Crippen LogP contribution is -2.57. The van der Waals surface area contributed by atoms with Gasteiger partial charge in [-0.1, -0.05) is 37.3 Å². The highest BCUT2D eigenvalue weighted by Gasteiger charge is 2.45. The van der Waals surface area contributed by atoms with Crippen LogP contribution in [-0.2, 0) is 20.7 Å². The van der Waals surface area contributed by atoms with E-state index in [1.165, 1.54) is 23.5 Å². The zero-order chi connectivity index (χ0) is 22.9. The van der Waals surface area contributed by atoms with Gasteiger partial charge in [0.15, 0.2) is 5.78 Å². The van der Waals surface area contributed by atoms with E-state index in [1.54, 1.807) is 31.4 Å². The van der Waals surface area contributed by atoms with Crippen molar-refractivity contribution in [2.24, 2.45) is 5.92 Å². The fourth-order valence-electron chi connectivity index (χ4n) is 3.72. The summed E-state index contributed by atoms with van der Waals surface area (Å²) in [6, 6.07) is 13.1. The van der Waals surface area contributed by atoms with E-state index < -0.39 is 23.6 Å². The van der Waals surface area contributed by atoms with Gasteiger partial charge < -0.3 is 20.5 Å². The van der Waals surface area contributed by atoms with Gasteiger partial charge in [-0.2, -0.15) is 0 Å². The Kier molecular flexibility index (Phi) is 5.99. The van der Waals surface area contributed by atoms with Crippen molar-refractivity contribution in [3.63, 3.8) is 0 Å². The van der Waals surface area contributed by atoms with Crippen molar-refractivity contribution in [2.75, 3.05) is 6.61 Å². The molecule has 4 rings (SSSR count). The van der Waals surface area contributed by atoms with E-state index in [0.717, 1.165) is 15.6 Å². The molecule has 166 valence electrons. The molecule has 1 aromatic heterocycles. The summed E-state index contributed by atoms with van der Waals surface area (Å²) in [5.74, 6) is -1.28. The van der Waals surface area contributed by atoms with Gasteiger partial charge in [0, 0.05) is 21.9 Å². The number of thiophene rings is 1. The second-order valence-electron chi connectivity index (χ2n) is 8.12. The molecular formula is C24H24N2O5S. The molecule has 1 fully saturated rings. The topological polar surface area (TPSA) is 105 Å². The van der Waals surface area contributed by atoms with Crippen LogP contribution in [-0.4, -0.2) is 41.1 Å². The Morgan fingerprint density at radius 3 is 2.62 bits per heavy atom. The highest BCUT2D eigenvalue weighted by Crippen LogP contribution is 2.28. The molecular weight excluding hydrogens is 428 g/mol. The number of hydrogen-bond donors (Lipinski definition) is 3. The highest BCUT2D eigenvalue weighted by molar-refractivity contribution is 7.17. The Bertz CT molecular complexity index is 1170. The SMILES string of the molecule is CC1C(=O)COC1(C)NC(=O)C(Cc1ccc(O)cc1)NC(=O)c1csc2ccccc12. The zero-order valence-electron chi connectivity index (χ0n) is 17.8. The molecule has 1 saturated heterocycles. The summed E-state index contributed by atoms with van der Waals surface area (Å²) in [7, 11) is 0. The van der Waals surface area contributed by atoms with Crippen molar-refractivity contribution in [3.05, 3.63) is 65.0 Å². The summed E-state index contributed by atoms with van der Waals surface area (Å²) in [6.07, 6.45) is 0.207. The molecule has 3 N–H and O–H groups in total. The molecule has 2 heterocycles. The van der Waals surface area contributed by atoms with Crippen molar-refractivity contribution in [1.82, 2.24) is 10.6 Å². The minimum Gasteiger partial charge on any atom is -0.508 e. The van der Waals surface area contributed by atoms with Crippen LogP contribution in [0.4, 0.5) is 0 Å². The first-order valence-electron chi connectivity index (χ1n) is 10.3. The van der Waals surface area contributed by atoms with Gasteiger partial charge in [-0.05, 0) is 30.7 Å². The van der Waals surface area contributed by atoms with Gasteiger partial charge in [0.1, 0.15) is 24.1 Å². The molecule has 2 aromatic carbocycles. The average molecular weight is 453 g/mol. The van der Waals surface area contributed by atoms with Gasteiger partial charge >= 0.3 is 0 Å². The van der Waals surface area contributed by atoms with Gasteiger partial charge in [0.05, 0.1) is 11.5 Å². The third-order valence-corrected chi connectivity index (χ3v) is 6.88. The zero-order valence-corrected chi connectivity index (χ0v) is 18.6. The molecule has 3 atom stereocenters. The first kappa shape index (κ1) is 22.0. The fourth-order valence-corrected chi connectivity index (χ4v) is 4.66. The van der Waals surface area contributed by atoms with E-state index in [0.29, 0.717) is 5.56 Å². The lowest BCUT2D eigenvalue weighted by Gasteiger charge is -2.30. The van der Waals surface area contributed by atoms with Crippen LogP contribution in [0.1, 0.15) is 29.8 Å². The van der Waals surface area contributed by atoms with Crippen LogP contribution >= 0.6 is 11.3 Å². The summed E-state index contributed by atoms with van der Waals surface area (Å²) in [5.41, 5.74) is 0.127. The third-order valence-electron chi connectivity index (χ3n) is 5.92. The number of fused-ring (bicyclic) bond motifs is 1. The predicted molar refractivity (Wildman–Crippen MR) is 122 cm³/mol. The number of ketones is 1. The number of aromatic hydroxyl groups is 1. The molecule has 0 radical (unpaired) electrons. The fraction of sp³-hybridized carbons (Fsp3) is 0.292. The Morgan fingerprint density at radius 1 is 1.22 bits per heavy atom. The third kappa shape index (κ3) is 4.37. The highest BCUT2D eigenvalue weighted by atomic mass is 32.1. The van der Waals surface area contributed by atoms with E-state index in [1.807, 2.05) is 24.3 Å². The molecule has 1 aliphatic heterocycles. The quantitative estimate of drug-likeness (QED) is 0.533. The minimum atomic E-state index is -1.14. The molecule has 32 heavy (non-hydrogen) atoms. The van der Waals surface area contributed by atoms with E-state index in [-0.39, 0.29) is 30.5 Å². The lowest BCUT2D eigenvalue weighted by molar-refractivity contribution is -0.132. The van der Waals surface area contributed by atoms with Gasteiger partial charge in [0.25, 0.3) is 5.91 Å². The molecule has 2 amide bonds. The van der Waals surface area contributed by atoms with E-state index in [4.69, 9.17) is 4.74 Å². The molecule has 0 spiro atoms. The molecule has 8 heteroatoms. The Morgan fingerprint density at radius 2 is 1.94 bits per heavy atom. The van der Waals surface area contributed by atoms with Crippen LogP contribution in [0, 0.1) is 5.92 Å². The van der Waals surface area contributed by atoms with Gasteiger partial charge in [-0.15, -0.1) is 11.3 Å². The molecule has 3 aromatic rings. The smallest absolute Gasteiger partial charge is 0.253 e. The summed E-state index contributed by atoms with van der Waals surface area (Å²) in [6.45, 7) is 3.31. The number of amides is 2. The first-order valence-corrected chi connectivity index (χ1v) is 11.2. The monoisotopic (exact) mass is 452 g/mol. The Balaban J connectivity index is 1.58. The number of phenolic OH excluding ortho intramolecular Hbond substituents is 1. The number of hydrogen-bond acceptors (Lipinski definition) is 6. The lowest BCUT2D eigenvalue weighted by atomic mass is 9.97. The number of carbonyl (C=O) groups excluding carboxylic acids is 3. The second kappa shape index (κ2) is 8.72. The van der Waals surface area contributed by atoms with Gasteiger partial charge in [-0.3, -0.25) is 14.4 Å². The normalized spacial score (nSPS) is 21.4. The van der Waals surface area contributed by atoms with Crippen molar-refractivity contribution in [2.45, 2.75) is 32.0 Å². The van der Waals surface area contributed by atoms with Crippen LogP contribution in [0.15, 0.2) is 53.9 Å². The predicted octanol–water partition coefficient (Wildman–Crippen LogP) is 3.02. The van der Waals surface area contributed by atoms with E-state index in [9.17, 15) is 19.5 Å². The number of carbonyl (C=O) groups is 3. The van der Waals surface area contributed by atoms with Crippen molar-refractivity contribution >= 4 is 39.0 Å². The van der Waals surface area contributed by atoms with Crippen LogP contribution in [0.2, 0.25) is 0 Å². The van der Waals surface area contributed by atoms with E-state index >= 15 is 0 Å². The molecule has 0 aliphatic carbocycles. The number of rotatable bonds is 6. The molecule has 3 unspecified atom stereocenters. The van der Waals surface area contributed by atoms with Crippen molar-refractivity contribution < 1.29 is 24.2 Å².